The van der Waals surface area contributed by atoms with Crippen molar-refractivity contribution in [2.24, 2.45) is 27.4 Å². The molecule has 14 nitrogen and oxygen atoms in total. The van der Waals surface area contributed by atoms with Crippen LogP contribution < -0.4 is 21.6 Å². The zero-order valence-corrected chi connectivity index (χ0v) is 27.1. The molecule has 15 heteroatoms. The number of halogens is 1. The van der Waals surface area contributed by atoms with Crippen LogP contribution in [-0.2, 0) is 14.3 Å². The molecule has 48 heavy (non-hydrogen) atoms. The molecule has 2 aliphatic rings. The highest BCUT2D eigenvalue weighted by Gasteiger charge is 2.36. The molecule has 1 aliphatic heterocycles. The van der Waals surface area contributed by atoms with Crippen LogP contribution in [0, 0.1) is 11.8 Å². The van der Waals surface area contributed by atoms with E-state index in [9.17, 15) is 19.2 Å². The van der Waals surface area contributed by atoms with E-state index in [1.165, 1.54) is 13.2 Å². The number of H-pyrrole nitrogens is 1. The Kier molecular flexibility index (Phi) is 11.3. The summed E-state index contributed by atoms with van der Waals surface area (Å²) in [6.45, 7) is 4.57. The first kappa shape index (κ1) is 34.0. The first-order valence-electron chi connectivity index (χ1n) is 15.5. The third-order valence-corrected chi connectivity index (χ3v) is 8.39. The number of aromatic nitrogens is 2. The Hall–Kier alpha value is -5.37. The molecule has 2 atom stereocenters. The number of nitrogens with one attached hydrogen (secondary N) is 4. The quantitative estimate of drug-likeness (QED) is 0.0838. The summed E-state index contributed by atoms with van der Waals surface area (Å²) in [5, 5.41) is 23.5. The predicted molar refractivity (Wildman–Crippen MR) is 182 cm³/mol. The molecule has 4 N–H and O–H groups in total. The molecule has 0 radical (unpaired) electrons. The Labute approximate surface area is 281 Å². The van der Waals surface area contributed by atoms with Crippen LogP contribution in [0.1, 0.15) is 49.4 Å². The van der Waals surface area contributed by atoms with Gasteiger partial charge < -0.3 is 15.0 Å². The van der Waals surface area contributed by atoms with E-state index < -0.39 is 23.6 Å². The van der Waals surface area contributed by atoms with Gasteiger partial charge in [-0.15, -0.1) is 5.10 Å². The van der Waals surface area contributed by atoms with Gasteiger partial charge in [0.2, 0.25) is 11.8 Å². The van der Waals surface area contributed by atoms with E-state index in [2.05, 4.69) is 53.3 Å². The van der Waals surface area contributed by atoms with Gasteiger partial charge in [0.05, 0.1) is 30.1 Å². The number of piperidine rings is 1. The summed E-state index contributed by atoms with van der Waals surface area (Å²) in [6, 6.07) is 12.8. The first-order valence-corrected chi connectivity index (χ1v) is 15.9. The van der Waals surface area contributed by atoms with Gasteiger partial charge in [-0.3, -0.25) is 25.1 Å². The number of amides is 3. The summed E-state index contributed by atoms with van der Waals surface area (Å²) in [6.07, 6.45) is 6.46. The molecule has 5 rings (SSSR count). The van der Waals surface area contributed by atoms with Gasteiger partial charge in [-0.05, 0) is 96.5 Å². The van der Waals surface area contributed by atoms with Crippen LogP contribution in [-0.4, -0.2) is 59.9 Å². The number of carbonyl (C=O) groups excluding carboxylic acids is 3. The lowest BCUT2D eigenvalue weighted by Gasteiger charge is -2.34. The van der Waals surface area contributed by atoms with E-state index in [4.69, 9.17) is 11.6 Å². The summed E-state index contributed by atoms with van der Waals surface area (Å²) in [4.78, 5) is 52.7. The fourth-order valence-electron chi connectivity index (χ4n) is 5.62. The molecule has 2 aromatic carbocycles. The highest BCUT2D eigenvalue weighted by Crippen LogP contribution is 2.34. The van der Waals surface area contributed by atoms with Gasteiger partial charge in [0.15, 0.2) is 0 Å². The van der Waals surface area contributed by atoms with Crippen molar-refractivity contribution >= 4 is 53.7 Å². The standard InChI is InChI=1S/C33H36ClN9O5/c1-35-41-42-39-27-13-10-24(34)17-23(27)9-14-30(44)37-28(16-20-4-3-15-43(19-20)32(46)22-5-6-22)29-18-26(31(45)40-38-29)21-7-11-25(12-8-21)36-33(47)48-2/h7-14,17-18,20,22,28H,1,3-6,15-16,19H2,2H3,(H,36,47)(H,37,44)(H,39,41)(H,40,45)/b14-9+/t20?,28-/m0/s1. The Morgan fingerprint density at radius 2 is 1.96 bits per heavy atom. The van der Waals surface area contributed by atoms with Gasteiger partial charge >= 0.3 is 6.09 Å². The van der Waals surface area contributed by atoms with Crippen molar-refractivity contribution in [2.75, 3.05) is 30.9 Å². The van der Waals surface area contributed by atoms with E-state index >= 15 is 0 Å². The van der Waals surface area contributed by atoms with Gasteiger partial charge in [0.1, 0.15) is 0 Å². The lowest BCUT2D eigenvalue weighted by Crippen LogP contribution is -2.42. The van der Waals surface area contributed by atoms with Crippen molar-refractivity contribution in [3.05, 3.63) is 81.2 Å². The van der Waals surface area contributed by atoms with Crippen LogP contribution in [0.2, 0.25) is 5.02 Å². The molecule has 250 valence electrons. The second-order valence-corrected chi connectivity index (χ2v) is 12.0. The molecular formula is C33H36ClN9O5. The minimum atomic E-state index is -0.613. The van der Waals surface area contributed by atoms with Crippen LogP contribution in [0.4, 0.5) is 16.2 Å². The normalized spacial score (nSPS) is 16.8. The molecule has 1 saturated heterocycles. The Balaban J connectivity index is 1.40. The van der Waals surface area contributed by atoms with Gasteiger partial charge in [-0.2, -0.15) is 5.10 Å². The zero-order valence-electron chi connectivity index (χ0n) is 26.3. The van der Waals surface area contributed by atoms with Crippen LogP contribution in [0.25, 0.3) is 17.2 Å². The number of benzene rings is 2. The largest absolute Gasteiger partial charge is 0.453 e. The zero-order chi connectivity index (χ0) is 34.0. The van der Waals surface area contributed by atoms with Gasteiger partial charge in [-0.1, -0.05) is 23.7 Å². The number of rotatable bonds is 12. The van der Waals surface area contributed by atoms with E-state index in [1.54, 1.807) is 54.6 Å². The molecule has 0 bridgehead atoms. The van der Waals surface area contributed by atoms with Crippen molar-refractivity contribution in [3.63, 3.8) is 0 Å². The van der Waals surface area contributed by atoms with Crippen LogP contribution >= 0.6 is 11.6 Å². The molecule has 3 amide bonds. The maximum atomic E-state index is 13.4. The topological polar surface area (TPSA) is 183 Å². The highest BCUT2D eigenvalue weighted by molar-refractivity contribution is 6.30. The van der Waals surface area contributed by atoms with E-state index in [0.29, 0.717) is 51.7 Å². The smallest absolute Gasteiger partial charge is 0.411 e. The van der Waals surface area contributed by atoms with Crippen LogP contribution in [0.3, 0.4) is 0 Å². The number of carbonyl (C=O) groups is 3. The molecule has 1 unspecified atom stereocenters. The molecule has 1 aliphatic carbocycles. The van der Waals surface area contributed by atoms with Crippen LogP contribution in [0.15, 0.2) is 74.9 Å². The van der Waals surface area contributed by atoms with E-state index in [0.717, 1.165) is 32.2 Å². The molecule has 1 aromatic heterocycles. The number of hydrogen-bond acceptors (Lipinski definition) is 8. The Morgan fingerprint density at radius 3 is 2.69 bits per heavy atom. The third-order valence-electron chi connectivity index (χ3n) is 8.16. The van der Waals surface area contributed by atoms with Gasteiger partial charge in [0.25, 0.3) is 5.56 Å². The van der Waals surface area contributed by atoms with Crippen LogP contribution in [0.5, 0.6) is 0 Å². The number of hydrogen-bond donors (Lipinski definition) is 4. The molecule has 1 saturated carbocycles. The average molecular weight is 674 g/mol. The molecule has 0 spiro atoms. The van der Waals surface area contributed by atoms with Crippen molar-refractivity contribution < 1.29 is 19.1 Å². The lowest BCUT2D eigenvalue weighted by molar-refractivity contribution is -0.134. The number of anilines is 2. The minimum absolute atomic E-state index is 0.101. The SMILES string of the molecule is C=N/N=N\Nc1ccc(Cl)cc1/C=C/C(=O)N[C@@H](CC1CCCN(C(=O)C2CC2)C1)c1cc(-c2ccc(NC(=O)OC)cc2)c(=O)[nH]n1. The minimum Gasteiger partial charge on any atom is -0.453 e. The average Bonchev–Trinajstić information content (AvgIpc) is 3.94. The fourth-order valence-corrected chi connectivity index (χ4v) is 5.80. The van der Waals surface area contributed by atoms with Crippen molar-refractivity contribution in [1.82, 2.24) is 20.4 Å². The van der Waals surface area contributed by atoms with E-state index in [-0.39, 0.29) is 17.7 Å². The lowest BCUT2D eigenvalue weighted by atomic mass is 9.89. The highest BCUT2D eigenvalue weighted by atomic mass is 35.5. The predicted octanol–water partition coefficient (Wildman–Crippen LogP) is 5.57. The van der Waals surface area contributed by atoms with E-state index in [1.807, 2.05) is 4.90 Å². The summed E-state index contributed by atoms with van der Waals surface area (Å²) in [5.74, 6) is 0.0218. The maximum absolute atomic E-state index is 13.4. The first-order chi connectivity index (χ1) is 23.2. The third kappa shape index (κ3) is 9.12. The molecule has 2 fully saturated rings. The van der Waals surface area contributed by atoms with Gasteiger partial charge in [0, 0.05) is 48.1 Å². The molecular weight excluding hydrogens is 638 g/mol. The summed E-state index contributed by atoms with van der Waals surface area (Å²) in [7, 11) is 1.27. The maximum Gasteiger partial charge on any atom is 0.411 e. The van der Waals surface area contributed by atoms with Gasteiger partial charge in [-0.25, -0.2) is 9.89 Å². The Bertz CT molecular complexity index is 1770. The number of methoxy groups -OCH3 is 1. The summed E-state index contributed by atoms with van der Waals surface area (Å²) >= 11 is 6.21. The monoisotopic (exact) mass is 673 g/mol. The molecule has 3 aromatic rings. The second-order valence-electron chi connectivity index (χ2n) is 11.6. The van der Waals surface area contributed by atoms with Crippen molar-refractivity contribution in [1.29, 1.82) is 0 Å². The summed E-state index contributed by atoms with van der Waals surface area (Å²) in [5.41, 5.74) is 5.31. The Morgan fingerprint density at radius 1 is 1.17 bits per heavy atom. The second kappa shape index (κ2) is 16.0. The van der Waals surface area contributed by atoms with Crippen molar-refractivity contribution in [2.45, 2.75) is 38.1 Å². The number of likely N-dealkylation sites (tertiary alicyclic amines) is 1. The fraction of sp³-hybridized carbons (Fsp3) is 0.333. The number of ether oxygens (including phenoxy) is 1. The van der Waals surface area contributed by atoms with Crippen molar-refractivity contribution in [3.8, 4) is 11.1 Å². The number of nitrogens with zero attached hydrogens (tertiary/aromatic N) is 5. The molecule has 2 heterocycles. The number of aromatic amines is 1. The summed E-state index contributed by atoms with van der Waals surface area (Å²) < 4.78 is 4.64.